The van der Waals surface area contributed by atoms with Gasteiger partial charge in [-0.1, -0.05) is 6.92 Å². The lowest BCUT2D eigenvalue weighted by Gasteiger charge is -2.29. The smallest absolute Gasteiger partial charge is 0.335 e. The lowest BCUT2D eigenvalue weighted by Crippen LogP contribution is -2.30. The van der Waals surface area contributed by atoms with Crippen molar-refractivity contribution in [1.29, 1.82) is 0 Å². The molecular weight excluding hydrogens is 264 g/mol. The van der Waals surface area contributed by atoms with E-state index in [4.69, 9.17) is 10.1 Å². The van der Waals surface area contributed by atoms with E-state index >= 15 is 0 Å². The maximum absolute atomic E-state index is 11.1. The van der Waals surface area contributed by atoms with Crippen molar-refractivity contribution in [2.75, 3.05) is 0 Å². The molecule has 1 saturated carbocycles. The van der Waals surface area contributed by atoms with Gasteiger partial charge in [-0.25, -0.2) is 9.78 Å². The number of benzene rings is 1. The minimum absolute atomic E-state index is 0.0456. The molecule has 112 valence electrons. The van der Waals surface area contributed by atoms with Gasteiger partial charge in [-0.05, 0) is 57.2 Å². The molecule has 1 N–H and O–H groups in total. The van der Waals surface area contributed by atoms with Gasteiger partial charge < -0.3 is 9.67 Å². The molecule has 0 amide bonds. The Morgan fingerprint density at radius 2 is 2.14 bits per heavy atom. The molecule has 0 radical (unpaired) electrons. The SMILES string of the molecule is CCCc1nc2cc(C(=O)O)ccc2n1C(C)(C)C1CC1. The second-order valence-electron chi connectivity index (χ2n) is 6.55. The Morgan fingerprint density at radius 1 is 1.43 bits per heavy atom. The van der Waals surface area contributed by atoms with Gasteiger partial charge >= 0.3 is 5.97 Å². The van der Waals surface area contributed by atoms with E-state index in [1.165, 1.54) is 12.8 Å². The van der Waals surface area contributed by atoms with Crippen molar-refractivity contribution < 1.29 is 9.90 Å². The normalized spacial score (nSPS) is 15.6. The number of imidazole rings is 1. The lowest BCUT2D eigenvalue weighted by molar-refractivity contribution is 0.0697. The van der Waals surface area contributed by atoms with Crippen LogP contribution in [-0.4, -0.2) is 20.6 Å². The third kappa shape index (κ3) is 2.33. The third-order valence-electron chi connectivity index (χ3n) is 4.60. The van der Waals surface area contributed by atoms with Gasteiger partial charge in [-0.2, -0.15) is 0 Å². The highest BCUT2D eigenvalue weighted by molar-refractivity contribution is 5.92. The Labute approximate surface area is 124 Å². The zero-order chi connectivity index (χ0) is 15.2. The molecule has 3 rings (SSSR count). The van der Waals surface area contributed by atoms with Crippen LogP contribution in [0.25, 0.3) is 11.0 Å². The van der Waals surface area contributed by atoms with E-state index in [-0.39, 0.29) is 5.54 Å². The van der Waals surface area contributed by atoms with Crippen molar-refractivity contribution in [2.24, 2.45) is 5.92 Å². The summed E-state index contributed by atoms with van der Waals surface area (Å²) >= 11 is 0. The Morgan fingerprint density at radius 3 is 2.71 bits per heavy atom. The van der Waals surface area contributed by atoms with E-state index < -0.39 is 5.97 Å². The number of aromatic nitrogens is 2. The fourth-order valence-electron chi connectivity index (χ4n) is 3.27. The maximum Gasteiger partial charge on any atom is 0.335 e. The third-order valence-corrected chi connectivity index (χ3v) is 4.60. The predicted molar refractivity (Wildman–Crippen MR) is 82.7 cm³/mol. The summed E-state index contributed by atoms with van der Waals surface area (Å²) in [4.78, 5) is 15.9. The first-order valence-corrected chi connectivity index (χ1v) is 7.70. The molecule has 0 atom stereocenters. The molecule has 21 heavy (non-hydrogen) atoms. The number of aromatic carboxylic acids is 1. The van der Waals surface area contributed by atoms with E-state index in [9.17, 15) is 4.79 Å². The molecule has 0 spiro atoms. The molecule has 0 bridgehead atoms. The van der Waals surface area contributed by atoms with Crippen LogP contribution >= 0.6 is 0 Å². The molecule has 1 aromatic carbocycles. The van der Waals surface area contributed by atoms with Gasteiger partial charge in [-0.3, -0.25) is 0 Å². The number of hydrogen-bond acceptors (Lipinski definition) is 2. The first-order chi connectivity index (χ1) is 9.95. The molecule has 1 aliphatic rings. The van der Waals surface area contributed by atoms with E-state index in [1.807, 2.05) is 6.07 Å². The molecule has 0 saturated heterocycles. The Kier molecular flexibility index (Phi) is 3.27. The molecule has 2 aromatic rings. The van der Waals surface area contributed by atoms with Gasteiger partial charge in [0.2, 0.25) is 0 Å². The highest BCUT2D eigenvalue weighted by Crippen LogP contribution is 2.45. The summed E-state index contributed by atoms with van der Waals surface area (Å²) in [7, 11) is 0. The molecule has 0 aliphatic heterocycles. The standard InChI is InChI=1S/C17H22N2O2/c1-4-5-15-18-13-10-11(16(20)21)6-9-14(13)19(15)17(2,3)12-7-8-12/h6,9-10,12H,4-5,7-8H2,1-3H3,(H,20,21). The summed E-state index contributed by atoms with van der Waals surface area (Å²) in [6, 6.07) is 5.28. The van der Waals surface area contributed by atoms with Crippen molar-refractivity contribution in [3.05, 3.63) is 29.6 Å². The minimum atomic E-state index is -0.898. The molecule has 1 heterocycles. The highest BCUT2D eigenvalue weighted by atomic mass is 16.4. The van der Waals surface area contributed by atoms with Crippen molar-refractivity contribution >= 4 is 17.0 Å². The van der Waals surface area contributed by atoms with Crippen LogP contribution in [0, 0.1) is 5.92 Å². The summed E-state index contributed by atoms with van der Waals surface area (Å²) in [6.07, 6.45) is 4.50. The summed E-state index contributed by atoms with van der Waals surface area (Å²) in [6.45, 7) is 6.70. The predicted octanol–water partition coefficient (Wildman–Crippen LogP) is 3.83. The fourth-order valence-corrected chi connectivity index (χ4v) is 3.27. The molecule has 1 aliphatic carbocycles. The van der Waals surface area contributed by atoms with Crippen molar-refractivity contribution in [3.8, 4) is 0 Å². The van der Waals surface area contributed by atoms with Crippen LogP contribution in [0.4, 0.5) is 0 Å². The van der Waals surface area contributed by atoms with Crippen LogP contribution in [0.5, 0.6) is 0 Å². The van der Waals surface area contributed by atoms with Gasteiger partial charge in [0.15, 0.2) is 0 Å². The second-order valence-corrected chi connectivity index (χ2v) is 6.55. The molecule has 0 unspecified atom stereocenters. The number of carboxylic acids is 1. The van der Waals surface area contributed by atoms with Crippen LogP contribution in [0.1, 0.15) is 56.2 Å². The molecular formula is C17H22N2O2. The number of nitrogens with zero attached hydrogens (tertiary/aromatic N) is 2. The van der Waals surface area contributed by atoms with Crippen LogP contribution < -0.4 is 0 Å². The number of aryl methyl sites for hydroxylation is 1. The number of hydrogen-bond donors (Lipinski definition) is 1. The summed E-state index contributed by atoms with van der Waals surface area (Å²) in [5.74, 6) is 0.876. The van der Waals surface area contributed by atoms with E-state index in [2.05, 4.69) is 25.3 Å². The fraction of sp³-hybridized carbons (Fsp3) is 0.529. The first-order valence-electron chi connectivity index (χ1n) is 7.70. The molecule has 4 nitrogen and oxygen atoms in total. The zero-order valence-corrected chi connectivity index (χ0v) is 12.9. The quantitative estimate of drug-likeness (QED) is 0.908. The Balaban J connectivity index is 2.20. The van der Waals surface area contributed by atoms with Crippen molar-refractivity contribution in [3.63, 3.8) is 0 Å². The van der Waals surface area contributed by atoms with Crippen molar-refractivity contribution in [1.82, 2.24) is 9.55 Å². The maximum atomic E-state index is 11.1. The van der Waals surface area contributed by atoms with E-state index in [0.29, 0.717) is 11.5 Å². The average Bonchev–Trinajstić information content (AvgIpc) is 3.20. The monoisotopic (exact) mass is 286 g/mol. The summed E-state index contributed by atoms with van der Waals surface area (Å²) < 4.78 is 2.34. The number of carboxylic acid groups (broad SMARTS) is 1. The second kappa shape index (κ2) is 4.86. The van der Waals surface area contributed by atoms with Gasteiger partial charge in [0.05, 0.1) is 16.6 Å². The van der Waals surface area contributed by atoms with Crippen LogP contribution in [0.3, 0.4) is 0 Å². The van der Waals surface area contributed by atoms with Crippen LogP contribution in [0.2, 0.25) is 0 Å². The Bertz CT molecular complexity index is 696. The number of rotatable bonds is 5. The molecule has 4 heteroatoms. The van der Waals surface area contributed by atoms with Crippen molar-refractivity contribution in [2.45, 2.75) is 52.0 Å². The summed E-state index contributed by atoms with van der Waals surface area (Å²) in [5, 5.41) is 9.15. The van der Waals surface area contributed by atoms with Gasteiger partial charge in [0, 0.05) is 12.0 Å². The Hall–Kier alpha value is -1.84. The topological polar surface area (TPSA) is 55.1 Å². The van der Waals surface area contributed by atoms with Gasteiger partial charge in [-0.15, -0.1) is 0 Å². The highest BCUT2D eigenvalue weighted by Gasteiger charge is 2.41. The van der Waals surface area contributed by atoms with Gasteiger partial charge in [0.1, 0.15) is 5.82 Å². The average molecular weight is 286 g/mol. The zero-order valence-electron chi connectivity index (χ0n) is 12.9. The van der Waals surface area contributed by atoms with Crippen LogP contribution in [0.15, 0.2) is 18.2 Å². The number of carbonyl (C=O) groups is 1. The van der Waals surface area contributed by atoms with E-state index in [1.54, 1.807) is 12.1 Å². The largest absolute Gasteiger partial charge is 0.478 e. The van der Waals surface area contributed by atoms with Gasteiger partial charge in [0.25, 0.3) is 0 Å². The van der Waals surface area contributed by atoms with E-state index in [0.717, 1.165) is 29.7 Å². The first kappa shape index (κ1) is 14.1. The number of fused-ring (bicyclic) bond motifs is 1. The lowest BCUT2D eigenvalue weighted by atomic mass is 9.97. The minimum Gasteiger partial charge on any atom is -0.478 e. The van der Waals surface area contributed by atoms with Crippen LogP contribution in [-0.2, 0) is 12.0 Å². The molecule has 1 fully saturated rings. The molecule has 1 aromatic heterocycles. The summed E-state index contributed by atoms with van der Waals surface area (Å²) in [5.41, 5.74) is 2.20.